The van der Waals surface area contributed by atoms with E-state index >= 15 is 0 Å². The maximum Gasteiger partial charge on any atom is 0.414 e. The highest BCUT2D eigenvalue weighted by Gasteiger charge is 2.35. The molecule has 1 heterocycles. The molecule has 2 aromatic carbocycles. The summed E-state index contributed by atoms with van der Waals surface area (Å²) in [5, 5.41) is 0. The van der Waals surface area contributed by atoms with Gasteiger partial charge in [-0.05, 0) is 52.5 Å². The van der Waals surface area contributed by atoms with Crippen LogP contribution in [0.25, 0.3) is 0 Å². The first-order valence-electron chi connectivity index (χ1n) is 6.91. The van der Waals surface area contributed by atoms with Crippen molar-refractivity contribution in [3.05, 3.63) is 64.1 Å². The van der Waals surface area contributed by atoms with Crippen LogP contribution in [-0.4, -0.2) is 18.7 Å². The number of anilines is 1. The summed E-state index contributed by atoms with van der Waals surface area (Å²) < 4.78 is 6.17. The lowest BCUT2D eigenvalue weighted by Crippen LogP contribution is -2.35. The predicted octanol–water partition coefficient (Wildman–Crippen LogP) is 4.33. The van der Waals surface area contributed by atoms with E-state index in [1.54, 1.807) is 4.90 Å². The van der Waals surface area contributed by atoms with Crippen molar-refractivity contribution in [2.75, 3.05) is 11.5 Å². The number of rotatable bonds is 3. The molecule has 0 spiro atoms. The Labute approximate surface area is 132 Å². The van der Waals surface area contributed by atoms with Crippen LogP contribution in [0.1, 0.15) is 11.1 Å². The Morgan fingerprint density at radius 1 is 1.24 bits per heavy atom. The van der Waals surface area contributed by atoms with Crippen molar-refractivity contribution in [2.45, 2.75) is 19.4 Å². The van der Waals surface area contributed by atoms with Crippen molar-refractivity contribution in [3.8, 4) is 0 Å². The molecule has 1 aliphatic rings. The lowest BCUT2D eigenvalue weighted by Gasteiger charge is -2.23. The van der Waals surface area contributed by atoms with Gasteiger partial charge in [0.2, 0.25) is 0 Å². The minimum absolute atomic E-state index is 0.0259. The van der Waals surface area contributed by atoms with E-state index in [4.69, 9.17) is 4.74 Å². The Morgan fingerprint density at radius 3 is 2.76 bits per heavy atom. The van der Waals surface area contributed by atoms with Gasteiger partial charge in [0.25, 0.3) is 0 Å². The summed E-state index contributed by atoms with van der Waals surface area (Å²) in [6, 6.07) is 16.2. The number of nitrogens with zero attached hydrogens (tertiary/aromatic N) is 1. The van der Waals surface area contributed by atoms with Gasteiger partial charge < -0.3 is 4.74 Å². The van der Waals surface area contributed by atoms with Crippen molar-refractivity contribution >= 4 is 27.7 Å². The summed E-state index contributed by atoms with van der Waals surface area (Å²) >= 11 is 3.53. The zero-order valence-electron chi connectivity index (χ0n) is 11.8. The van der Waals surface area contributed by atoms with Crippen molar-refractivity contribution < 1.29 is 9.53 Å². The number of benzene rings is 2. The third kappa shape index (κ3) is 2.95. The van der Waals surface area contributed by atoms with E-state index in [0.717, 1.165) is 22.1 Å². The first kappa shape index (κ1) is 14.1. The van der Waals surface area contributed by atoms with Crippen LogP contribution in [0.15, 0.2) is 53.0 Å². The first-order valence-corrected chi connectivity index (χ1v) is 7.70. The summed E-state index contributed by atoms with van der Waals surface area (Å²) in [6.07, 6.45) is 0.509. The molecular formula is C17H16BrNO2. The molecule has 1 aliphatic heterocycles. The number of amides is 1. The Hall–Kier alpha value is -1.81. The van der Waals surface area contributed by atoms with Gasteiger partial charge in [-0.15, -0.1) is 0 Å². The van der Waals surface area contributed by atoms with Gasteiger partial charge in [-0.25, -0.2) is 4.79 Å². The van der Waals surface area contributed by atoms with E-state index in [-0.39, 0.29) is 12.1 Å². The fourth-order valence-electron chi connectivity index (χ4n) is 2.60. The molecule has 1 saturated heterocycles. The third-order valence-electron chi connectivity index (χ3n) is 3.64. The van der Waals surface area contributed by atoms with Crippen molar-refractivity contribution in [3.63, 3.8) is 0 Å². The highest BCUT2D eigenvalue weighted by atomic mass is 79.9. The molecule has 0 aliphatic carbocycles. The van der Waals surface area contributed by atoms with Crippen molar-refractivity contribution in [2.24, 2.45) is 0 Å². The standard InChI is InChI=1S/C17H16BrNO2/c1-12-7-8-15(18)16(9-12)19-14(11-21-17(19)20)10-13-5-3-2-4-6-13/h2-9,14H,10-11H2,1H3/t14-/m1/s1. The summed E-state index contributed by atoms with van der Waals surface area (Å²) in [6.45, 7) is 2.44. The van der Waals surface area contributed by atoms with Gasteiger partial charge in [-0.2, -0.15) is 0 Å². The fraction of sp³-hybridized carbons (Fsp3) is 0.235. The average Bonchev–Trinajstić information content (AvgIpc) is 2.84. The van der Waals surface area contributed by atoms with Gasteiger partial charge in [0, 0.05) is 4.47 Å². The van der Waals surface area contributed by atoms with E-state index < -0.39 is 0 Å². The maximum absolute atomic E-state index is 12.1. The largest absolute Gasteiger partial charge is 0.447 e. The number of carbonyl (C=O) groups excluding carboxylic acids is 1. The Morgan fingerprint density at radius 2 is 2.00 bits per heavy atom. The Balaban J connectivity index is 1.91. The van der Waals surface area contributed by atoms with Crippen LogP contribution in [0, 0.1) is 6.92 Å². The molecule has 2 aromatic rings. The minimum atomic E-state index is -0.276. The number of cyclic esters (lactones) is 1. The van der Waals surface area contributed by atoms with Crippen LogP contribution in [-0.2, 0) is 11.2 Å². The minimum Gasteiger partial charge on any atom is -0.447 e. The number of aryl methyl sites for hydroxylation is 1. The monoisotopic (exact) mass is 345 g/mol. The summed E-state index contributed by atoms with van der Waals surface area (Å²) in [5.74, 6) is 0. The van der Waals surface area contributed by atoms with Crippen LogP contribution < -0.4 is 4.90 Å². The number of halogens is 1. The van der Waals surface area contributed by atoms with E-state index in [0.29, 0.717) is 6.61 Å². The van der Waals surface area contributed by atoms with Crippen molar-refractivity contribution in [1.29, 1.82) is 0 Å². The topological polar surface area (TPSA) is 29.5 Å². The molecule has 1 amide bonds. The highest BCUT2D eigenvalue weighted by molar-refractivity contribution is 9.10. The highest BCUT2D eigenvalue weighted by Crippen LogP contribution is 2.32. The molecule has 4 heteroatoms. The lowest BCUT2D eigenvalue weighted by molar-refractivity contribution is 0.178. The first-order chi connectivity index (χ1) is 10.1. The molecule has 1 atom stereocenters. The summed E-state index contributed by atoms with van der Waals surface area (Å²) in [4.78, 5) is 13.9. The maximum atomic E-state index is 12.1. The second-order valence-corrected chi connectivity index (χ2v) is 6.10. The molecule has 0 unspecified atom stereocenters. The zero-order valence-corrected chi connectivity index (χ0v) is 13.3. The summed E-state index contributed by atoms with van der Waals surface area (Å²) in [5.41, 5.74) is 3.19. The van der Waals surface area contributed by atoms with Gasteiger partial charge in [0.15, 0.2) is 0 Å². The molecule has 3 rings (SSSR count). The molecule has 3 nitrogen and oxygen atoms in total. The lowest BCUT2D eigenvalue weighted by atomic mass is 10.1. The molecule has 0 aromatic heterocycles. The molecular weight excluding hydrogens is 330 g/mol. The number of hydrogen-bond acceptors (Lipinski definition) is 2. The van der Waals surface area contributed by atoms with Gasteiger partial charge in [0.05, 0.1) is 11.7 Å². The van der Waals surface area contributed by atoms with Crippen LogP contribution in [0.4, 0.5) is 10.5 Å². The van der Waals surface area contributed by atoms with E-state index in [1.807, 2.05) is 43.3 Å². The van der Waals surface area contributed by atoms with Crippen LogP contribution in [0.5, 0.6) is 0 Å². The second kappa shape index (κ2) is 5.90. The molecule has 0 radical (unpaired) electrons. The fourth-order valence-corrected chi connectivity index (χ4v) is 3.04. The Kier molecular flexibility index (Phi) is 3.97. The smallest absolute Gasteiger partial charge is 0.414 e. The van der Waals surface area contributed by atoms with Gasteiger partial charge in [-0.1, -0.05) is 36.4 Å². The zero-order chi connectivity index (χ0) is 14.8. The third-order valence-corrected chi connectivity index (χ3v) is 4.31. The summed E-state index contributed by atoms with van der Waals surface area (Å²) in [7, 11) is 0. The normalized spacial score (nSPS) is 17.9. The number of ether oxygens (including phenoxy) is 1. The van der Waals surface area contributed by atoms with Gasteiger partial charge in [0.1, 0.15) is 6.61 Å². The molecule has 0 saturated carbocycles. The van der Waals surface area contributed by atoms with Crippen LogP contribution >= 0.6 is 15.9 Å². The molecule has 1 fully saturated rings. The van der Waals surface area contributed by atoms with Gasteiger partial charge >= 0.3 is 6.09 Å². The second-order valence-electron chi connectivity index (χ2n) is 5.25. The number of hydrogen-bond donors (Lipinski definition) is 0. The average molecular weight is 346 g/mol. The van der Waals surface area contributed by atoms with Crippen LogP contribution in [0.3, 0.4) is 0 Å². The molecule has 0 N–H and O–H groups in total. The van der Waals surface area contributed by atoms with Crippen LogP contribution in [0.2, 0.25) is 0 Å². The van der Waals surface area contributed by atoms with E-state index in [9.17, 15) is 4.79 Å². The Bertz CT molecular complexity index is 657. The van der Waals surface area contributed by atoms with Crippen molar-refractivity contribution in [1.82, 2.24) is 0 Å². The molecule has 21 heavy (non-hydrogen) atoms. The predicted molar refractivity (Wildman–Crippen MR) is 86.6 cm³/mol. The quantitative estimate of drug-likeness (QED) is 0.828. The SMILES string of the molecule is Cc1ccc(Br)c(N2C(=O)OC[C@H]2Cc2ccccc2)c1. The van der Waals surface area contributed by atoms with Gasteiger partial charge in [-0.3, -0.25) is 4.90 Å². The van der Waals surface area contributed by atoms with E-state index in [1.165, 1.54) is 5.56 Å². The number of carbonyl (C=O) groups is 1. The molecule has 0 bridgehead atoms. The molecule has 108 valence electrons. The van der Waals surface area contributed by atoms with E-state index in [2.05, 4.69) is 28.1 Å².